The Morgan fingerprint density at radius 3 is 2.26 bits per heavy atom. The third kappa shape index (κ3) is 3.25. The number of hydrogen-bond donors (Lipinski definition) is 1. The molecule has 0 aliphatic heterocycles. The predicted octanol–water partition coefficient (Wildman–Crippen LogP) is 6.16. The minimum Gasteiger partial charge on any atom is -0.328 e. The van der Waals surface area contributed by atoms with Crippen molar-refractivity contribution in [1.82, 2.24) is 0 Å². The summed E-state index contributed by atoms with van der Waals surface area (Å²) in [5, 5.41) is 9.74. The smallest absolute Gasteiger partial charge is 0.178 e. The monoisotopic (exact) mass is 464 g/mol. The fraction of sp³-hybridized carbons (Fsp3) is 0.767. The highest BCUT2D eigenvalue weighted by Crippen LogP contribution is 2.69. The number of ketones is 2. The van der Waals surface area contributed by atoms with Crippen LogP contribution in [-0.2, 0) is 9.59 Å². The first-order chi connectivity index (χ1) is 15.9. The first-order valence-corrected chi connectivity index (χ1v) is 13.6. The van der Waals surface area contributed by atoms with Gasteiger partial charge in [-0.1, -0.05) is 60.1 Å². The second kappa shape index (κ2) is 8.16. The number of nitriles is 1. The van der Waals surface area contributed by atoms with Crippen molar-refractivity contribution in [3.8, 4) is 6.07 Å². The first kappa shape index (κ1) is 25.4. The third-order valence-corrected chi connectivity index (χ3v) is 11.0. The zero-order valence-corrected chi connectivity index (χ0v) is 22.3. The summed E-state index contributed by atoms with van der Waals surface area (Å²) in [6.45, 7) is 14.9. The van der Waals surface area contributed by atoms with Crippen LogP contribution in [0, 0.1) is 56.7 Å². The van der Waals surface area contributed by atoms with Crippen LogP contribution in [0.1, 0.15) is 93.4 Å². The molecule has 2 N–H and O–H groups in total. The lowest BCUT2D eigenvalue weighted by atomic mass is 9.39. The molecule has 34 heavy (non-hydrogen) atoms. The topological polar surface area (TPSA) is 84.0 Å². The zero-order chi connectivity index (χ0) is 25.3. The number of rotatable bonds is 0. The average molecular weight is 465 g/mol. The molecular weight excluding hydrogens is 420 g/mol. The largest absolute Gasteiger partial charge is 0.328 e. The van der Waals surface area contributed by atoms with Crippen molar-refractivity contribution >= 4 is 11.6 Å². The lowest BCUT2D eigenvalue weighted by molar-refractivity contribution is -0.142. The zero-order valence-electron chi connectivity index (χ0n) is 22.3. The van der Waals surface area contributed by atoms with E-state index in [-0.39, 0.29) is 45.8 Å². The quantitative estimate of drug-likeness (QED) is 0.465. The van der Waals surface area contributed by atoms with E-state index in [0.717, 1.165) is 38.5 Å². The molecule has 0 aromatic carbocycles. The molecule has 0 aromatic rings. The van der Waals surface area contributed by atoms with E-state index in [0.29, 0.717) is 11.8 Å². The van der Waals surface area contributed by atoms with Gasteiger partial charge in [-0.05, 0) is 79.6 Å². The molecule has 7 unspecified atom stereocenters. The molecule has 0 bridgehead atoms. The van der Waals surface area contributed by atoms with Gasteiger partial charge in [-0.25, -0.2) is 0 Å². The SMILES string of the molecule is CC.CC12CCC(N)CC1C1C(=O)C=C3C(C)(CC[C@H]4C(C)(C)C(=O)C(C#N)=CC34C)C1CC2. The van der Waals surface area contributed by atoms with E-state index >= 15 is 0 Å². The summed E-state index contributed by atoms with van der Waals surface area (Å²) in [7, 11) is 0. The second-order valence-corrected chi connectivity index (χ2v) is 12.9. The maximum Gasteiger partial charge on any atom is 0.178 e. The first-order valence-electron chi connectivity index (χ1n) is 13.6. The van der Waals surface area contributed by atoms with E-state index in [1.807, 2.05) is 39.8 Å². The number of hydrogen-bond acceptors (Lipinski definition) is 4. The van der Waals surface area contributed by atoms with Gasteiger partial charge in [0, 0.05) is 22.8 Å². The lowest BCUT2D eigenvalue weighted by Crippen LogP contribution is -2.60. The molecule has 3 fully saturated rings. The average Bonchev–Trinajstić information content (AvgIpc) is 2.79. The van der Waals surface area contributed by atoms with E-state index in [9.17, 15) is 14.9 Å². The molecule has 0 amide bonds. The molecular formula is C30H44N2O2. The fourth-order valence-electron chi connectivity index (χ4n) is 9.24. The maximum atomic E-state index is 13.9. The molecule has 186 valence electrons. The Hall–Kier alpha value is -1.73. The summed E-state index contributed by atoms with van der Waals surface area (Å²) < 4.78 is 0. The highest BCUT2D eigenvalue weighted by atomic mass is 16.1. The summed E-state index contributed by atoms with van der Waals surface area (Å²) in [6, 6.07) is 2.38. The van der Waals surface area contributed by atoms with Crippen LogP contribution in [0.15, 0.2) is 23.3 Å². The molecule has 0 radical (unpaired) electrons. The van der Waals surface area contributed by atoms with Gasteiger partial charge < -0.3 is 5.73 Å². The van der Waals surface area contributed by atoms with E-state index in [2.05, 4.69) is 26.8 Å². The number of nitrogens with zero attached hydrogens (tertiary/aromatic N) is 1. The van der Waals surface area contributed by atoms with Crippen LogP contribution in [0.3, 0.4) is 0 Å². The molecule has 5 aliphatic rings. The molecule has 5 rings (SSSR count). The Kier molecular flexibility index (Phi) is 6.08. The number of Topliss-reactive ketones (excluding diaryl/α,β-unsaturated/α-hetero) is 1. The summed E-state index contributed by atoms with van der Waals surface area (Å²) in [4.78, 5) is 26.9. The van der Waals surface area contributed by atoms with Gasteiger partial charge in [-0.2, -0.15) is 5.26 Å². The second-order valence-electron chi connectivity index (χ2n) is 12.9. The number of carbonyl (C=O) groups is 2. The van der Waals surface area contributed by atoms with Gasteiger partial charge in [0.15, 0.2) is 11.6 Å². The standard InChI is InChI=1S/C28H38N2O2.C2H6/c1-25(2)21-8-11-27(4)18-7-10-26(3)9-6-17(30)12-19(26)23(18)20(31)13-22(27)28(21,5)14-16(15-29)24(25)32;1-2/h13-14,17-19,21,23H,6-12,30H2,1-5H3;1-2H3/t17?,18?,19?,21-,23?,26?,27?,28?;/m0./s1. The minimum atomic E-state index is -0.599. The lowest BCUT2D eigenvalue weighted by Gasteiger charge is -2.64. The number of allylic oxidation sites excluding steroid dienone is 4. The summed E-state index contributed by atoms with van der Waals surface area (Å²) in [5.41, 5.74) is 6.99. The van der Waals surface area contributed by atoms with Crippen LogP contribution in [0.5, 0.6) is 0 Å². The number of fused-ring (bicyclic) bond motifs is 7. The molecule has 4 nitrogen and oxygen atoms in total. The highest BCUT2D eigenvalue weighted by Gasteiger charge is 2.64. The van der Waals surface area contributed by atoms with E-state index in [4.69, 9.17) is 5.73 Å². The van der Waals surface area contributed by atoms with Crippen molar-refractivity contribution < 1.29 is 9.59 Å². The summed E-state index contributed by atoms with van der Waals surface area (Å²) >= 11 is 0. The normalized spacial score (nSPS) is 46.7. The summed E-state index contributed by atoms with van der Waals surface area (Å²) in [6.07, 6.45) is 11.3. The van der Waals surface area contributed by atoms with Crippen molar-refractivity contribution in [2.45, 2.75) is 99.5 Å². The molecule has 3 saturated carbocycles. The molecule has 0 aromatic heterocycles. The maximum absolute atomic E-state index is 13.9. The van der Waals surface area contributed by atoms with Crippen molar-refractivity contribution in [2.75, 3.05) is 0 Å². The molecule has 5 aliphatic carbocycles. The Bertz CT molecular complexity index is 1000. The molecule has 4 heteroatoms. The number of carbonyl (C=O) groups excluding carboxylic acids is 2. The molecule has 0 heterocycles. The predicted molar refractivity (Wildman–Crippen MR) is 135 cm³/mol. The minimum absolute atomic E-state index is 0.0451. The van der Waals surface area contributed by atoms with Crippen LogP contribution in [0.2, 0.25) is 0 Å². The van der Waals surface area contributed by atoms with Crippen molar-refractivity contribution in [3.05, 3.63) is 23.3 Å². The Balaban J connectivity index is 0.00000133. The van der Waals surface area contributed by atoms with Crippen LogP contribution in [0.4, 0.5) is 0 Å². The Morgan fingerprint density at radius 1 is 0.971 bits per heavy atom. The highest BCUT2D eigenvalue weighted by molar-refractivity contribution is 6.04. The fourth-order valence-corrected chi connectivity index (χ4v) is 9.24. The van der Waals surface area contributed by atoms with Gasteiger partial charge in [0.2, 0.25) is 0 Å². The summed E-state index contributed by atoms with van der Waals surface area (Å²) in [5.74, 6) is 1.10. The van der Waals surface area contributed by atoms with Crippen LogP contribution < -0.4 is 5.73 Å². The van der Waals surface area contributed by atoms with Crippen molar-refractivity contribution in [2.24, 2.45) is 51.1 Å². The van der Waals surface area contributed by atoms with Gasteiger partial charge in [0.05, 0.1) is 5.57 Å². The van der Waals surface area contributed by atoms with E-state index in [1.165, 1.54) is 12.0 Å². The van der Waals surface area contributed by atoms with Gasteiger partial charge in [0.1, 0.15) is 6.07 Å². The molecule has 0 saturated heterocycles. The van der Waals surface area contributed by atoms with Gasteiger partial charge >= 0.3 is 0 Å². The van der Waals surface area contributed by atoms with Gasteiger partial charge in [0.25, 0.3) is 0 Å². The number of nitrogens with two attached hydrogens (primary N) is 1. The molecule has 0 spiro atoms. The van der Waals surface area contributed by atoms with Crippen LogP contribution in [-0.4, -0.2) is 17.6 Å². The van der Waals surface area contributed by atoms with Gasteiger partial charge in [-0.15, -0.1) is 0 Å². The van der Waals surface area contributed by atoms with Gasteiger partial charge in [-0.3, -0.25) is 9.59 Å². The Morgan fingerprint density at radius 2 is 1.62 bits per heavy atom. The third-order valence-electron chi connectivity index (χ3n) is 11.0. The van der Waals surface area contributed by atoms with Crippen LogP contribution in [0.25, 0.3) is 0 Å². The van der Waals surface area contributed by atoms with E-state index in [1.54, 1.807) is 0 Å². The van der Waals surface area contributed by atoms with Crippen molar-refractivity contribution in [1.29, 1.82) is 5.26 Å². The molecule has 8 atom stereocenters. The van der Waals surface area contributed by atoms with Crippen LogP contribution >= 0.6 is 0 Å². The Labute approximate surface area is 206 Å². The van der Waals surface area contributed by atoms with E-state index < -0.39 is 10.8 Å². The van der Waals surface area contributed by atoms with Crippen molar-refractivity contribution in [3.63, 3.8) is 0 Å².